The van der Waals surface area contributed by atoms with Crippen LogP contribution in [0.25, 0.3) is 68.3 Å². The van der Waals surface area contributed by atoms with Crippen molar-refractivity contribution < 1.29 is 59.2 Å². The molecule has 0 aliphatic carbocycles. The Kier molecular flexibility index (Phi) is 37.3. The molecule has 0 atom stereocenters. The zero-order valence-corrected chi connectivity index (χ0v) is 70.7. The van der Waals surface area contributed by atoms with Crippen molar-refractivity contribution in [2.24, 2.45) is 5.73 Å². The first-order chi connectivity index (χ1) is 54.5. The van der Waals surface area contributed by atoms with Gasteiger partial charge >= 0.3 is 0 Å². The van der Waals surface area contributed by atoms with Gasteiger partial charge in [0.05, 0.1) is 42.6 Å². The number of phenols is 1. The number of nitrogens with zero attached hydrogens (tertiary/aromatic N) is 20. The Morgan fingerprint density at radius 1 is 0.425 bits per heavy atom. The molecule has 113 heavy (non-hydrogen) atoms. The zero-order chi connectivity index (χ0) is 82.3. The predicted octanol–water partition coefficient (Wildman–Crippen LogP) is 14.0. The molecule has 0 spiro atoms. The topological polar surface area (TPSA) is 425 Å². The van der Waals surface area contributed by atoms with Crippen LogP contribution in [0, 0.1) is 46.5 Å². The second kappa shape index (κ2) is 46.3. The molecule has 0 saturated carbocycles. The van der Waals surface area contributed by atoms with E-state index in [-0.39, 0.29) is 99.8 Å². The summed E-state index contributed by atoms with van der Waals surface area (Å²) in [4.78, 5) is 15.9. The highest BCUT2D eigenvalue weighted by Crippen LogP contribution is 2.36. The standard InChI is InChI=1S/C17H18BrF2N7O.C16H14Br2F2N6O.C13H9BrF2N6O.C12H7BrF2N6O.C4H8Br2.C4H8O.CH5N/c1-22-6-2-3-7-28-13-5-4-12(14(19)15(13)20)27-17(24-25-26-27)11-8-10(18)9-23-16(11)21;17-5-1-2-6-27-12-4-3-11(13(19)14(12)20)26-16(23-24-25-26)10-7-9(18)8-22-15(10)21;1-23-9-3-2-8(10(15)11(9)16)22-13(19-20-21-22)7-4-6(14)5-18-12(7)17;13-5-3-6(11(16)17-4-5)12-18-19-20-21(12)7-1-2-8(22)10(15)9(7)14;5-3-1-2-4-6;1-2-4-5-3-1;1-2/h4-5,8-9,22H,2-3,6-7H2,1H3,(H2,21,23);3-4,7-8H,1-2,5-6H2,(H2,21,22);2-5H,1H3,(H2,17,18);1-4,22H,(H2,16,17);1-4H2;1-4H2;2H2,1H3. The second-order valence-corrected chi connectivity index (χ2v) is 28.4. The van der Waals surface area contributed by atoms with Gasteiger partial charge in [0.1, 0.15) is 46.0 Å². The van der Waals surface area contributed by atoms with Crippen LogP contribution < -0.4 is 48.2 Å². The maximum Gasteiger partial charge on any atom is 0.202 e. The van der Waals surface area contributed by atoms with Gasteiger partial charge in [-0.05, 0) is 250 Å². The Morgan fingerprint density at radius 3 is 1.02 bits per heavy atom. The van der Waals surface area contributed by atoms with Crippen molar-refractivity contribution >= 4 is 135 Å². The van der Waals surface area contributed by atoms with Crippen molar-refractivity contribution in [2.45, 2.75) is 51.4 Å². The minimum atomic E-state index is -1.39. The summed E-state index contributed by atoms with van der Waals surface area (Å²) in [6, 6.07) is 16.6. The van der Waals surface area contributed by atoms with Gasteiger partial charge in [0.15, 0.2) is 69.6 Å². The number of ether oxygens (including phenoxy) is 4. The molecule has 4 aromatic carbocycles. The average Bonchev–Trinajstić information content (AvgIpc) is 1.75. The van der Waals surface area contributed by atoms with Gasteiger partial charge in [0.2, 0.25) is 23.3 Å². The molecule has 12 N–H and O–H groups in total. The van der Waals surface area contributed by atoms with Crippen LogP contribution in [0.2, 0.25) is 0 Å². The number of hydrogen-bond donors (Lipinski definition) is 7. The highest BCUT2D eigenvalue weighted by Gasteiger charge is 2.27. The minimum absolute atomic E-state index is 0.0790. The number of nitrogens with two attached hydrogens (primary N) is 5. The molecule has 46 heteroatoms. The minimum Gasteiger partial charge on any atom is -0.505 e. The predicted molar refractivity (Wildman–Crippen MR) is 430 cm³/mol. The molecule has 1 saturated heterocycles. The Morgan fingerprint density at radius 2 is 0.717 bits per heavy atom. The summed E-state index contributed by atoms with van der Waals surface area (Å²) < 4.78 is 141. The molecule has 8 aromatic heterocycles. The summed E-state index contributed by atoms with van der Waals surface area (Å²) in [7, 11) is 4.59. The highest BCUT2D eigenvalue weighted by molar-refractivity contribution is 9.11. The summed E-state index contributed by atoms with van der Waals surface area (Å²) in [5, 5.41) is 59.5. The molecule has 1 fully saturated rings. The maximum absolute atomic E-state index is 14.7. The number of methoxy groups -OCH3 is 1. The van der Waals surface area contributed by atoms with E-state index in [0.29, 0.717) is 40.1 Å². The first kappa shape index (κ1) is 91.0. The zero-order valence-electron chi connectivity index (χ0n) is 59.6. The molecule has 1 aliphatic heterocycles. The van der Waals surface area contributed by atoms with Crippen LogP contribution in [0.1, 0.15) is 51.4 Å². The molecule has 0 amide bonds. The van der Waals surface area contributed by atoms with Gasteiger partial charge in [-0.1, -0.05) is 47.8 Å². The van der Waals surface area contributed by atoms with Crippen LogP contribution in [0.3, 0.4) is 0 Å². The molecule has 13 rings (SSSR count). The molecule has 602 valence electrons. The number of benzene rings is 4. The largest absolute Gasteiger partial charge is 0.505 e. The lowest BCUT2D eigenvalue weighted by Gasteiger charge is -2.11. The van der Waals surface area contributed by atoms with Crippen molar-refractivity contribution in [1.29, 1.82) is 0 Å². The van der Waals surface area contributed by atoms with Gasteiger partial charge in [0.25, 0.3) is 0 Å². The summed E-state index contributed by atoms with van der Waals surface area (Å²) in [5.41, 5.74) is 28.5. The third-order valence-corrected chi connectivity index (χ3v) is 18.3. The van der Waals surface area contributed by atoms with E-state index in [0.717, 1.165) is 92.3 Å². The molecule has 0 unspecified atom stereocenters. The normalized spacial score (nSPS) is 11.2. The molecule has 31 nitrogen and oxygen atoms in total. The van der Waals surface area contributed by atoms with Crippen LogP contribution in [0.15, 0.2) is 115 Å². The number of halogens is 15. The first-order valence-electron chi connectivity index (χ1n) is 33.2. The smallest absolute Gasteiger partial charge is 0.202 e. The fourth-order valence-corrected chi connectivity index (χ4v) is 11.9. The number of hydrogen-bond acceptors (Lipinski definition) is 27. The maximum atomic E-state index is 14.7. The number of alkyl halides is 3. The van der Waals surface area contributed by atoms with Crippen LogP contribution in [-0.2, 0) is 4.74 Å². The monoisotopic (exact) mass is 2020 g/mol. The number of nitrogen functional groups attached to an aromatic ring is 4. The van der Waals surface area contributed by atoms with Crippen molar-refractivity contribution in [3.8, 4) is 91.3 Å². The van der Waals surface area contributed by atoms with Gasteiger partial charge in [-0.15, -0.1) is 20.4 Å². The molecular weight excluding hydrogens is 1960 g/mol. The third-order valence-electron chi connectivity index (χ3n) is 14.8. The van der Waals surface area contributed by atoms with Gasteiger partial charge in [-0.25, -0.2) is 37.5 Å². The second-order valence-electron chi connectivity index (χ2n) is 22.4. The lowest BCUT2D eigenvalue weighted by atomic mass is 10.2. The van der Waals surface area contributed by atoms with Gasteiger partial charge in [-0.2, -0.15) is 36.3 Å². The average molecular weight is 2030 g/mol. The number of phenolic OH excluding ortho intramolecular Hbond substituents is 1. The van der Waals surface area contributed by atoms with E-state index in [1.165, 1.54) is 101 Å². The summed E-state index contributed by atoms with van der Waals surface area (Å²) in [5.74, 6) is -9.70. The third kappa shape index (κ3) is 24.7. The number of rotatable bonds is 23. The Labute approximate surface area is 698 Å². The molecule has 9 heterocycles. The first-order valence-corrected chi connectivity index (χ1v) is 39.7. The van der Waals surface area contributed by atoms with Crippen molar-refractivity contribution in [3.63, 3.8) is 0 Å². The van der Waals surface area contributed by atoms with Crippen LogP contribution >= 0.6 is 112 Å². The molecule has 0 radical (unpaired) electrons. The van der Waals surface area contributed by atoms with E-state index in [4.69, 9.17) is 41.9 Å². The van der Waals surface area contributed by atoms with Gasteiger partial charge in [0, 0.05) is 71.9 Å². The van der Waals surface area contributed by atoms with Crippen molar-refractivity contribution in [2.75, 3.05) is 93.1 Å². The number of anilines is 4. The Balaban J connectivity index is 0.000000198. The van der Waals surface area contributed by atoms with Crippen molar-refractivity contribution in [1.82, 2.24) is 106 Å². The molecular formula is C67H69Br7F8N26O5. The number of unbranched alkanes of at least 4 members (excludes halogenated alkanes) is 3. The van der Waals surface area contributed by atoms with E-state index in [1.807, 2.05) is 7.05 Å². The lowest BCUT2D eigenvalue weighted by Crippen LogP contribution is -2.10. The van der Waals surface area contributed by atoms with E-state index in [1.54, 1.807) is 24.3 Å². The van der Waals surface area contributed by atoms with E-state index in [9.17, 15) is 40.2 Å². The number of tetrazole rings is 4. The SMILES string of the molecule is BrCCCCBr.C1CCOC1.CN.CNCCCCOc1ccc(-n2nnnc2-c2cc(Br)cnc2N)c(F)c1F.COc1ccc(-n2nnnc2-c2cc(Br)cnc2N)c(F)c1F.Nc1ncc(Br)cc1-c1nnnn1-c1ccc(O)c(F)c1F.Nc1ncc(Br)cc1-c1nnnn1-c1ccc(OCCCCBr)c(F)c1F. The van der Waals surface area contributed by atoms with Crippen LogP contribution in [0.5, 0.6) is 23.0 Å². The summed E-state index contributed by atoms with van der Waals surface area (Å²) in [6.45, 7) is 3.40. The number of nitrogens with one attached hydrogen (secondary N) is 1. The number of pyridine rings is 4. The summed E-state index contributed by atoms with van der Waals surface area (Å²) in [6.07, 6.45) is 14.3. The highest BCUT2D eigenvalue weighted by atomic mass is 79.9. The fourth-order valence-electron chi connectivity index (χ4n) is 9.38. The molecule has 1 aliphatic rings. The lowest BCUT2D eigenvalue weighted by molar-refractivity contribution is 0.198. The van der Waals surface area contributed by atoms with Gasteiger partial charge in [-0.3, -0.25) is 0 Å². The van der Waals surface area contributed by atoms with E-state index in [2.05, 4.69) is 205 Å². The number of aromatic nitrogens is 20. The fraction of sp³-hybridized carbons (Fsp3) is 0.284. The van der Waals surface area contributed by atoms with E-state index < -0.39 is 52.3 Å². The Bertz CT molecular complexity index is 5050. The van der Waals surface area contributed by atoms with Crippen LogP contribution in [0.4, 0.5) is 58.4 Å². The Hall–Kier alpha value is -9.16. The van der Waals surface area contributed by atoms with Crippen LogP contribution in [-0.4, -0.2) is 176 Å². The van der Waals surface area contributed by atoms with E-state index >= 15 is 0 Å². The molecule has 0 bridgehead atoms. The summed E-state index contributed by atoms with van der Waals surface area (Å²) >= 11 is 23.0. The quantitative estimate of drug-likeness (QED) is 0.0178. The molecule has 12 aromatic rings. The number of aromatic hydroxyl groups is 1. The van der Waals surface area contributed by atoms with Gasteiger partial charge < -0.3 is 58.0 Å². The van der Waals surface area contributed by atoms with Crippen molar-refractivity contribution in [3.05, 3.63) is 162 Å².